The van der Waals surface area contributed by atoms with Crippen LogP contribution in [0.3, 0.4) is 0 Å². The molecule has 4 amide bonds. The van der Waals surface area contributed by atoms with Gasteiger partial charge in [-0.3, -0.25) is 29.2 Å². The summed E-state index contributed by atoms with van der Waals surface area (Å²) in [5, 5.41) is 0.871. The average Bonchev–Trinajstić information content (AvgIpc) is 4.04. The summed E-state index contributed by atoms with van der Waals surface area (Å²) < 4.78 is 64.1. The van der Waals surface area contributed by atoms with Gasteiger partial charge in [-0.25, -0.2) is 10.2 Å². The Kier molecular flexibility index (Phi) is 13.5. The SMILES string of the molecule is C=CC(=O)N1CCOC2(CCN(C(=O)N(C)[C@H](C(=O)C3[Si][C@@]34Cc3cccc(c3)-c3ccc5c(c3)c3c(n5CC(F)(F)F)-c5cccnc5[C@@H](OC)C3C(C)(C)COC(=O)[C@@H]3CCCN(N3)C4=O)C(C)C)CC2)C1. The summed E-state index contributed by atoms with van der Waals surface area (Å²) >= 11 is 0. The number of piperidine rings is 1. The number of ketones is 1. The number of hydrogen-bond donors (Lipinski definition) is 1. The first-order chi connectivity index (χ1) is 35.2. The Labute approximate surface area is 431 Å². The molecule has 15 nitrogen and oxygen atoms in total. The molecule has 74 heavy (non-hydrogen) atoms. The number of methoxy groups -OCH3 is 1. The van der Waals surface area contributed by atoms with Crippen molar-refractivity contribution in [3.05, 3.63) is 90.3 Å². The van der Waals surface area contributed by atoms with Crippen LogP contribution in [0.2, 0.25) is 10.6 Å². The lowest BCUT2D eigenvalue weighted by molar-refractivity contribution is -0.156. The summed E-state index contributed by atoms with van der Waals surface area (Å²) in [6, 6.07) is 14.6. The van der Waals surface area contributed by atoms with Crippen LogP contribution < -0.4 is 5.43 Å². The third kappa shape index (κ3) is 9.14. The van der Waals surface area contributed by atoms with E-state index >= 15 is 9.59 Å². The number of pyridine rings is 1. The Hall–Kier alpha value is -5.89. The fourth-order valence-corrected chi connectivity index (χ4v) is 14.4. The summed E-state index contributed by atoms with van der Waals surface area (Å²) in [6.07, 6.45) is -0.314. The van der Waals surface area contributed by atoms with Gasteiger partial charge < -0.3 is 33.5 Å². The maximum atomic E-state index is 15.3. The van der Waals surface area contributed by atoms with Crippen molar-refractivity contribution in [3.63, 3.8) is 0 Å². The van der Waals surface area contributed by atoms with Crippen LogP contribution in [0, 0.1) is 11.3 Å². The first kappa shape index (κ1) is 51.6. The second-order valence-corrected chi connectivity index (χ2v) is 23.8. The molecular formula is C55H64F3N7O8Si. The first-order valence-corrected chi connectivity index (χ1v) is 26.7. The summed E-state index contributed by atoms with van der Waals surface area (Å²) in [6.45, 7) is 12.2. The van der Waals surface area contributed by atoms with Crippen LogP contribution >= 0.6 is 0 Å². The predicted molar refractivity (Wildman–Crippen MR) is 271 cm³/mol. The van der Waals surface area contributed by atoms with Gasteiger partial charge in [0.1, 0.15) is 18.7 Å². The van der Waals surface area contributed by atoms with E-state index < -0.39 is 64.4 Å². The zero-order valence-electron chi connectivity index (χ0n) is 42.8. The number of aromatic nitrogens is 2. The minimum Gasteiger partial charge on any atom is -0.464 e. The zero-order chi connectivity index (χ0) is 52.6. The number of ether oxygens (including phenoxy) is 3. The van der Waals surface area contributed by atoms with Crippen molar-refractivity contribution in [1.82, 2.24) is 34.7 Å². The van der Waals surface area contributed by atoms with Gasteiger partial charge in [0.25, 0.3) is 0 Å². The molecular weight excluding hydrogens is 972 g/mol. The second-order valence-electron chi connectivity index (χ2n) is 22.0. The number of esters is 1. The van der Waals surface area contributed by atoms with Gasteiger partial charge in [-0.2, -0.15) is 13.2 Å². The number of nitrogens with one attached hydrogen (secondary N) is 1. The van der Waals surface area contributed by atoms with Gasteiger partial charge in [0.05, 0.1) is 57.3 Å². The number of fused-ring (bicyclic) bond motifs is 8. The molecule has 6 aliphatic rings. The molecule has 5 aliphatic heterocycles. The van der Waals surface area contributed by atoms with Gasteiger partial charge in [-0.1, -0.05) is 64.6 Å². The zero-order valence-corrected chi connectivity index (χ0v) is 43.8. The van der Waals surface area contributed by atoms with Crippen LogP contribution in [0.25, 0.3) is 33.3 Å². The average molecular weight is 1040 g/mol. The van der Waals surface area contributed by atoms with Gasteiger partial charge in [0.15, 0.2) is 5.78 Å². The van der Waals surface area contributed by atoms with E-state index in [-0.39, 0.29) is 58.6 Å². The molecule has 392 valence electrons. The molecule has 4 fully saturated rings. The molecule has 4 saturated heterocycles. The molecule has 2 aromatic carbocycles. The maximum absolute atomic E-state index is 15.3. The number of morpholine rings is 1. The Morgan fingerprint density at radius 3 is 2.50 bits per heavy atom. The first-order valence-electron chi connectivity index (χ1n) is 25.6. The number of nitrogens with zero attached hydrogens (tertiary/aromatic N) is 6. The summed E-state index contributed by atoms with van der Waals surface area (Å²) in [4.78, 5) is 81.3. The number of halogens is 3. The maximum Gasteiger partial charge on any atom is 0.406 e. The Balaban J connectivity index is 1.01. The van der Waals surface area contributed by atoms with Crippen LogP contribution in [0.4, 0.5) is 18.0 Å². The van der Waals surface area contributed by atoms with E-state index in [2.05, 4.69) is 12.0 Å². The molecule has 1 N–H and O–H groups in total. The molecule has 2 spiro atoms. The van der Waals surface area contributed by atoms with Crippen LogP contribution in [0.1, 0.15) is 82.2 Å². The van der Waals surface area contributed by atoms with Crippen molar-refractivity contribution in [2.75, 3.05) is 60.1 Å². The number of rotatable bonds is 7. The smallest absolute Gasteiger partial charge is 0.406 e. The molecule has 0 saturated carbocycles. The van der Waals surface area contributed by atoms with E-state index in [1.54, 1.807) is 48.4 Å². The largest absolute Gasteiger partial charge is 0.464 e. The van der Waals surface area contributed by atoms with E-state index in [4.69, 9.17) is 19.2 Å². The van der Waals surface area contributed by atoms with Crippen molar-refractivity contribution in [3.8, 4) is 22.4 Å². The number of alkyl halides is 3. The minimum atomic E-state index is -4.57. The van der Waals surface area contributed by atoms with Crippen molar-refractivity contribution in [2.45, 2.75) is 113 Å². The van der Waals surface area contributed by atoms with Crippen LogP contribution in [0.5, 0.6) is 0 Å². The van der Waals surface area contributed by atoms with Crippen LogP contribution in [-0.4, -0.2) is 152 Å². The highest BCUT2D eigenvalue weighted by atomic mass is 28.2. The lowest BCUT2D eigenvalue weighted by atomic mass is 9.67. The lowest BCUT2D eigenvalue weighted by Crippen LogP contribution is -2.60. The number of amides is 4. The normalized spacial score (nSPS) is 25.8. The molecule has 7 heterocycles. The number of hydrazine groups is 1. The summed E-state index contributed by atoms with van der Waals surface area (Å²) in [5.74, 6) is -2.20. The van der Waals surface area contributed by atoms with Gasteiger partial charge >= 0.3 is 18.2 Å². The van der Waals surface area contributed by atoms with Crippen LogP contribution in [0.15, 0.2) is 73.4 Å². The molecule has 6 bridgehead atoms. The quantitative estimate of drug-likeness (QED) is 0.112. The van der Waals surface area contributed by atoms with Crippen molar-refractivity contribution >= 4 is 50.0 Å². The highest BCUT2D eigenvalue weighted by molar-refractivity contribution is 6.70. The number of cyclic esters (lactones) is 1. The number of urea groups is 1. The van der Waals surface area contributed by atoms with Crippen molar-refractivity contribution in [1.29, 1.82) is 0 Å². The summed E-state index contributed by atoms with van der Waals surface area (Å²) in [7, 11) is 3.07. The number of benzene rings is 2. The van der Waals surface area contributed by atoms with E-state index in [1.165, 1.54) is 20.6 Å². The van der Waals surface area contributed by atoms with Crippen LogP contribution in [-0.2, 0) is 46.4 Å². The molecule has 19 heteroatoms. The topological polar surface area (TPSA) is 156 Å². The summed E-state index contributed by atoms with van der Waals surface area (Å²) in [5.41, 5.74) is 5.63. The highest BCUT2D eigenvalue weighted by Crippen LogP contribution is 2.62. The molecule has 10 rings (SSSR count). The number of likely N-dealkylation sites (N-methyl/N-ethyl adjacent to an activating group) is 1. The number of carbonyl (C=O) groups excluding carboxylic acids is 5. The number of carbonyl (C=O) groups is 5. The predicted octanol–water partition coefficient (Wildman–Crippen LogP) is 7.53. The Bertz CT molecular complexity index is 2920. The molecule has 2 radical (unpaired) electrons. The van der Waals surface area contributed by atoms with Gasteiger partial charge in [0.2, 0.25) is 11.8 Å². The monoisotopic (exact) mass is 1040 g/mol. The van der Waals surface area contributed by atoms with Crippen molar-refractivity contribution < 1.29 is 51.4 Å². The molecule has 2 unspecified atom stereocenters. The third-order valence-corrected chi connectivity index (χ3v) is 18.3. The fourth-order valence-electron chi connectivity index (χ4n) is 12.7. The van der Waals surface area contributed by atoms with E-state index in [1.807, 2.05) is 64.1 Å². The number of likely N-dealkylation sites (tertiary alicyclic amines) is 1. The number of Topliss-reactive ketones (excluding diaryl/α,β-unsaturated/α-hetero) is 1. The fraction of sp³-hybridized carbons (Fsp3) is 0.527. The van der Waals surface area contributed by atoms with E-state index in [0.717, 1.165) is 16.7 Å². The standard InChI is InChI=1S/C55H64F3N7O8Si/c1-8-40(66)63-24-25-73-53(29-63)18-22-62(23-19-53)51(70)61(6)44(32(2)3)46(67)48-54(74-48)28-33-12-9-13-34(26-33)35-16-17-39-37(27-35)41-42(52(4,5)31-72-49(68)38-15-11-21-65(60-38)50(54)69)47(71-7)43-36(14-10-20-59-43)45(41)64(39)30-55(56,57)58/h8-10,12-14,16-17,20,26-27,32,38,42,44,47-48,60H,1,11,15,18-19,21-25,28-31H2,2-7H3/t38-,42?,44-,47-,48?,54-/m0/s1. The van der Waals surface area contributed by atoms with Gasteiger partial charge in [-0.05, 0) is 90.6 Å². The number of hydrogen-bond acceptors (Lipinski definition) is 10. The highest BCUT2D eigenvalue weighted by Gasteiger charge is 2.66. The molecule has 2 aromatic heterocycles. The molecule has 6 atom stereocenters. The Morgan fingerprint density at radius 1 is 1.03 bits per heavy atom. The van der Waals surface area contributed by atoms with Crippen molar-refractivity contribution in [2.24, 2.45) is 11.3 Å². The Morgan fingerprint density at radius 2 is 1.78 bits per heavy atom. The van der Waals surface area contributed by atoms with Gasteiger partial charge in [-0.15, -0.1) is 0 Å². The lowest BCUT2D eigenvalue weighted by Gasteiger charge is -2.47. The third-order valence-electron chi connectivity index (χ3n) is 16.4. The molecule has 4 aromatic rings. The minimum absolute atomic E-state index is 0.128. The van der Waals surface area contributed by atoms with E-state index in [0.29, 0.717) is 91.9 Å². The van der Waals surface area contributed by atoms with E-state index in [9.17, 15) is 27.6 Å². The second kappa shape index (κ2) is 19.4. The molecule has 1 aliphatic carbocycles. The van der Waals surface area contributed by atoms with Gasteiger partial charge in [0, 0.05) is 79.9 Å².